The number of aryl methyl sites for hydroxylation is 1. The second-order valence-corrected chi connectivity index (χ2v) is 3.92. The molecule has 18 heavy (non-hydrogen) atoms. The van der Waals surface area contributed by atoms with Gasteiger partial charge in [-0.3, -0.25) is 4.79 Å². The summed E-state index contributed by atoms with van der Waals surface area (Å²) in [5.41, 5.74) is 1.30. The van der Waals surface area contributed by atoms with Gasteiger partial charge in [0.05, 0.1) is 0 Å². The van der Waals surface area contributed by atoms with E-state index in [1.807, 2.05) is 0 Å². The van der Waals surface area contributed by atoms with E-state index in [9.17, 15) is 13.6 Å². The van der Waals surface area contributed by atoms with Crippen molar-refractivity contribution in [2.45, 2.75) is 6.92 Å². The first kappa shape index (κ1) is 12.2. The summed E-state index contributed by atoms with van der Waals surface area (Å²) in [7, 11) is 0. The van der Waals surface area contributed by atoms with Gasteiger partial charge in [-0.2, -0.15) is 0 Å². The van der Waals surface area contributed by atoms with Crippen LogP contribution in [0.2, 0.25) is 0 Å². The first-order valence-corrected chi connectivity index (χ1v) is 5.39. The third-order valence-electron chi connectivity index (χ3n) is 2.52. The SMILES string of the molecule is Cc1cc(NC(=O)c2ccc(F)cc2)ccc1F. The van der Waals surface area contributed by atoms with E-state index in [2.05, 4.69) is 5.32 Å². The van der Waals surface area contributed by atoms with Crippen molar-refractivity contribution in [3.8, 4) is 0 Å². The van der Waals surface area contributed by atoms with Crippen molar-refractivity contribution in [2.24, 2.45) is 0 Å². The lowest BCUT2D eigenvalue weighted by atomic mass is 10.2. The highest BCUT2D eigenvalue weighted by molar-refractivity contribution is 6.04. The Labute approximate surface area is 103 Å². The number of hydrogen-bond donors (Lipinski definition) is 1. The van der Waals surface area contributed by atoms with Gasteiger partial charge in [0, 0.05) is 11.3 Å². The molecule has 0 saturated heterocycles. The number of hydrogen-bond acceptors (Lipinski definition) is 1. The second-order valence-electron chi connectivity index (χ2n) is 3.92. The van der Waals surface area contributed by atoms with Gasteiger partial charge in [-0.25, -0.2) is 8.78 Å². The molecule has 0 unspecified atom stereocenters. The third-order valence-corrected chi connectivity index (χ3v) is 2.52. The monoisotopic (exact) mass is 247 g/mol. The van der Waals surface area contributed by atoms with Crippen LogP contribution in [0.4, 0.5) is 14.5 Å². The van der Waals surface area contributed by atoms with E-state index < -0.39 is 5.82 Å². The molecule has 4 heteroatoms. The average Bonchev–Trinajstić information content (AvgIpc) is 2.34. The summed E-state index contributed by atoms with van der Waals surface area (Å²) in [6, 6.07) is 9.51. The van der Waals surface area contributed by atoms with E-state index in [1.54, 1.807) is 6.92 Å². The molecule has 0 aliphatic heterocycles. The molecule has 0 saturated carbocycles. The molecule has 2 rings (SSSR count). The van der Waals surface area contributed by atoms with Gasteiger partial charge in [0.2, 0.25) is 0 Å². The van der Waals surface area contributed by atoms with E-state index >= 15 is 0 Å². The number of halogens is 2. The van der Waals surface area contributed by atoms with Gasteiger partial charge in [0.25, 0.3) is 5.91 Å². The number of nitrogens with one attached hydrogen (secondary N) is 1. The molecular weight excluding hydrogens is 236 g/mol. The summed E-state index contributed by atoms with van der Waals surface area (Å²) in [5.74, 6) is -1.08. The molecule has 1 amide bonds. The molecule has 0 aliphatic carbocycles. The fraction of sp³-hybridized carbons (Fsp3) is 0.0714. The van der Waals surface area contributed by atoms with Gasteiger partial charge < -0.3 is 5.32 Å². The van der Waals surface area contributed by atoms with Crippen LogP contribution in [-0.2, 0) is 0 Å². The minimum atomic E-state index is -0.399. The van der Waals surface area contributed by atoms with Crippen LogP contribution in [0.3, 0.4) is 0 Å². The molecule has 2 aromatic carbocycles. The van der Waals surface area contributed by atoms with Crippen molar-refractivity contribution in [1.29, 1.82) is 0 Å². The maximum atomic E-state index is 13.0. The van der Waals surface area contributed by atoms with Crippen LogP contribution in [-0.4, -0.2) is 5.91 Å². The summed E-state index contributed by atoms with van der Waals surface area (Å²) < 4.78 is 25.8. The zero-order valence-electron chi connectivity index (χ0n) is 9.71. The number of benzene rings is 2. The van der Waals surface area contributed by atoms with Crippen molar-refractivity contribution < 1.29 is 13.6 Å². The fourth-order valence-electron chi connectivity index (χ4n) is 1.53. The van der Waals surface area contributed by atoms with E-state index in [4.69, 9.17) is 0 Å². The highest BCUT2D eigenvalue weighted by Crippen LogP contribution is 2.15. The van der Waals surface area contributed by atoms with Gasteiger partial charge in [-0.05, 0) is 55.0 Å². The quantitative estimate of drug-likeness (QED) is 0.864. The lowest BCUT2D eigenvalue weighted by Crippen LogP contribution is -2.12. The van der Waals surface area contributed by atoms with Crippen molar-refractivity contribution in [1.82, 2.24) is 0 Å². The van der Waals surface area contributed by atoms with Gasteiger partial charge in [0.1, 0.15) is 11.6 Å². The molecule has 2 nitrogen and oxygen atoms in total. The molecule has 0 heterocycles. The summed E-state index contributed by atoms with van der Waals surface area (Å²) in [5, 5.41) is 2.62. The average molecular weight is 247 g/mol. The van der Waals surface area contributed by atoms with Crippen LogP contribution in [0.25, 0.3) is 0 Å². The number of anilines is 1. The maximum absolute atomic E-state index is 13.0. The van der Waals surface area contributed by atoms with Crippen molar-refractivity contribution in [3.05, 3.63) is 65.2 Å². The molecule has 92 valence electrons. The molecule has 0 spiro atoms. The normalized spacial score (nSPS) is 10.2. The number of carbonyl (C=O) groups is 1. The van der Waals surface area contributed by atoms with Crippen LogP contribution in [0.15, 0.2) is 42.5 Å². The van der Waals surface area contributed by atoms with Crippen LogP contribution in [0, 0.1) is 18.6 Å². The smallest absolute Gasteiger partial charge is 0.255 e. The van der Waals surface area contributed by atoms with Crippen LogP contribution in [0.1, 0.15) is 15.9 Å². The van der Waals surface area contributed by atoms with E-state index in [0.717, 1.165) is 0 Å². The van der Waals surface area contributed by atoms with Crippen LogP contribution in [0.5, 0.6) is 0 Å². The van der Waals surface area contributed by atoms with Crippen molar-refractivity contribution in [2.75, 3.05) is 5.32 Å². The molecule has 0 aromatic heterocycles. The van der Waals surface area contributed by atoms with Gasteiger partial charge in [-0.1, -0.05) is 0 Å². The molecule has 2 aromatic rings. The number of carbonyl (C=O) groups excluding carboxylic acids is 1. The molecule has 0 radical (unpaired) electrons. The van der Waals surface area contributed by atoms with Gasteiger partial charge in [0.15, 0.2) is 0 Å². The Morgan fingerprint density at radius 3 is 2.33 bits per heavy atom. The standard InChI is InChI=1S/C14H11F2NO/c1-9-8-12(6-7-13(9)16)17-14(18)10-2-4-11(15)5-3-10/h2-8H,1H3,(H,17,18). The molecule has 0 fully saturated rings. The topological polar surface area (TPSA) is 29.1 Å². The summed E-state index contributed by atoms with van der Waals surface area (Å²) in [6.07, 6.45) is 0. The lowest BCUT2D eigenvalue weighted by molar-refractivity contribution is 0.102. The second kappa shape index (κ2) is 4.96. The fourth-order valence-corrected chi connectivity index (χ4v) is 1.53. The summed E-state index contributed by atoms with van der Waals surface area (Å²) in [4.78, 5) is 11.8. The Morgan fingerprint density at radius 1 is 1.06 bits per heavy atom. The minimum Gasteiger partial charge on any atom is -0.322 e. The molecule has 0 bridgehead atoms. The van der Waals surface area contributed by atoms with Crippen LogP contribution < -0.4 is 5.32 Å². The van der Waals surface area contributed by atoms with E-state index in [1.165, 1.54) is 42.5 Å². The number of amides is 1. The minimum absolute atomic E-state index is 0.324. The van der Waals surface area contributed by atoms with Gasteiger partial charge >= 0.3 is 0 Å². The molecule has 0 aliphatic rings. The Balaban J connectivity index is 2.16. The first-order valence-electron chi connectivity index (χ1n) is 5.39. The number of rotatable bonds is 2. The molecule has 0 atom stereocenters. The zero-order chi connectivity index (χ0) is 13.1. The Morgan fingerprint density at radius 2 is 1.72 bits per heavy atom. The predicted octanol–water partition coefficient (Wildman–Crippen LogP) is 3.53. The van der Waals surface area contributed by atoms with Crippen molar-refractivity contribution in [3.63, 3.8) is 0 Å². The van der Waals surface area contributed by atoms with E-state index in [0.29, 0.717) is 16.8 Å². The van der Waals surface area contributed by atoms with Crippen LogP contribution >= 0.6 is 0 Å². The zero-order valence-corrected chi connectivity index (χ0v) is 9.71. The Kier molecular flexibility index (Phi) is 3.37. The van der Waals surface area contributed by atoms with Gasteiger partial charge in [-0.15, -0.1) is 0 Å². The Hall–Kier alpha value is -2.23. The molecular formula is C14H11F2NO. The lowest BCUT2D eigenvalue weighted by Gasteiger charge is -2.06. The highest BCUT2D eigenvalue weighted by atomic mass is 19.1. The molecule has 1 N–H and O–H groups in total. The summed E-state index contributed by atoms with van der Waals surface area (Å²) in [6.45, 7) is 1.61. The summed E-state index contributed by atoms with van der Waals surface area (Å²) >= 11 is 0. The highest BCUT2D eigenvalue weighted by Gasteiger charge is 2.07. The first-order chi connectivity index (χ1) is 8.56. The largest absolute Gasteiger partial charge is 0.322 e. The van der Waals surface area contributed by atoms with Crippen molar-refractivity contribution >= 4 is 11.6 Å². The predicted molar refractivity (Wildman–Crippen MR) is 65.5 cm³/mol. The van der Waals surface area contributed by atoms with E-state index in [-0.39, 0.29) is 11.7 Å². The Bertz CT molecular complexity index is 579. The maximum Gasteiger partial charge on any atom is 0.255 e. The third kappa shape index (κ3) is 2.71.